The number of aromatic nitrogens is 4. The molecule has 1 N–H and O–H groups in total. The van der Waals surface area contributed by atoms with Crippen LogP contribution in [0.3, 0.4) is 0 Å². The van der Waals surface area contributed by atoms with E-state index in [2.05, 4.69) is 26.9 Å². The van der Waals surface area contributed by atoms with Gasteiger partial charge in [-0.2, -0.15) is 0 Å². The van der Waals surface area contributed by atoms with Crippen molar-refractivity contribution in [1.82, 2.24) is 25.5 Å². The van der Waals surface area contributed by atoms with E-state index >= 15 is 0 Å². The summed E-state index contributed by atoms with van der Waals surface area (Å²) >= 11 is 1.66. The van der Waals surface area contributed by atoms with E-state index in [1.54, 1.807) is 23.6 Å². The van der Waals surface area contributed by atoms with E-state index in [9.17, 15) is 0 Å². The molecule has 2 aromatic rings. The van der Waals surface area contributed by atoms with Crippen LogP contribution in [0.1, 0.15) is 25.8 Å². The fraction of sp³-hybridized carbons (Fsp3) is 0.562. The maximum absolute atomic E-state index is 5.73. The van der Waals surface area contributed by atoms with Gasteiger partial charge in [0.2, 0.25) is 5.16 Å². The molecule has 0 spiro atoms. The summed E-state index contributed by atoms with van der Waals surface area (Å²) in [6.07, 6.45) is 1.17. The molecule has 1 aromatic heterocycles. The topological polar surface area (TPSA) is 74.1 Å². The van der Waals surface area contributed by atoms with Gasteiger partial charge in [-0.05, 0) is 54.9 Å². The third kappa shape index (κ3) is 5.68. The molecular weight excluding hydrogens is 326 g/mol. The average molecular weight is 351 g/mol. The van der Waals surface area contributed by atoms with Gasteiger partial charge in [-0.1, -0.05) is 17.8 Å². The van der Waals surface area contributed by atoms with Crippen molar-refractivity contribution in [2.24, 2.45) is 7.05 Å². The van der Waals surface area contributed by atoms with Gasteiger partial charge >= 0.3 is 0 Å². The van der Waals surface area contributed by atoms with E-state index in [0.717, 1.165) is 41.9 Å². The molecule has 0 amide bonds. The molecule has 0 bridgehead atoms. The van der Waals surface area contributed by atoms with Crippen LogP contribution < -0.4 is 14.8 Å². The molecule has 0 radical (unpaired) electrons. The molecule has 7 nitrogen and oxygen atoms in total. The summed E-state index contributed by atoms with van der Waals surface area (Å²) in [6, 6.07) is 6.05. The van der Waals surface area contributed by atoms with E-state index in [4.69, 9.17) is 9.47 Å². The van der Waals surface area contributed by atoms with E-state index in [0.29, 0.717) is 0 Å². The number of benzene rings is 1. The minimum Gasteiger partial charge on any atom is -0.493 e. The van der Waals surface area contributed by atoms with Crippen molar-refractivity contribution in [1.29, 1.82) is 0 Å². The molecule has 132 valence electrons. The van der Waals surface area contributed by atoms with Crippen molar-refractivity contribution in [3.8, 4) is 11.5 Å². The molecule has 0 atom stereocenters. The third-order valence-electron chi connectivity index (χ3n) is 3.23. The van der Waals surface area contributed by atoms with Gasteiger partial charge in [0, 0.05) is 19.3 Å². The van der Waals surface area contributed by atoms with Gasteiger partial charge in [-0.15, -0.1) is 5.10 Å². The number of tetrazole rings is 1. The lowest BCUT2D eigenvalue weighted by Crippen LogP contribution is -2.15. The first-order valence-electron chi connectivity index (χ1n) is 7.99. The number of hydrogen-bond donors (Lipinski definition) is 1. The zero-order valence-corrected chi connectivity index (χ0v) is 15.5. The highest BCUT2D eigenvalue weighted by atomic mass is 32.2. The van der Waals surface area contributed by atoms with Crippen molar-refractivity contribution in [3.63, 3.8) is 0 Å². The Morgan fingerprint density at radius 2 is 2.12 bits per heavy atom. The van der Waals surface area contributed by atoms with E-state index < -0.39 is 0 Å². The predicted octanol–water partition coefficient (Wildman–Crippen LogP) is 2.28. The number of nitrogens with one attached hydrogen (secondary N) is 1. The maximum Gasteiger partial charge on any atom is 0.209 e. The number of methoxy groups -OCH3 is 1. The Labute approximate surface area is 147 Å². The Balaban J connectivity index is 1.71. The van der Waals surface area contributed by atoms with Gasteiger partial charge in [0.05, 0.1) is 13.2 Å². The lowest BCUT2D eigenvalue weighted by molar-refractivity contribution is 0.230. The summed E-state index contributed by atoms with van der Waals surface area (Å²) in [5.74, 6) is 2.53. The van der Waals surface area contributed by atoms with Crippen LogP contribution in [0.4, 0.5) is 0 Å². The summed E-state index contributed by atoms with van der Waals surface area (Å²) < 4.78 is 12.8. The van der Waals surface area contributed by atoms with Crippen molar-refractivity contribution in [2.75, 3.05) is 19.4 Å². The van der Waals surface area contributed by atoms with Crippen LogP contribution in [-0.2, 0) is 13.6 Å². The number of aryl methyl sites for hydroxylation is 1. The normalized spacial score (nSPS) is 11.0. The Hall–Kier alpha value is -1.80. The van der Waals surface area contributed by atoms with Crippen molar-refractivity contribution in [2.45, 2.75) is 38.1 Å². The molecule has 1 aromatic carbocycles. The number of rotatable bonds is 10. The van der Waals surface area contributed by atoms with E-state index in [1.165, 1.54) is 5.56 Å². The Morgan fingerprint density at radius 1 is 1.29 bits per heavy atom. The smallest absolute Gasteiger partial charge is 0.209 e. The summed E-state index contributed by atoms with van der Waals surface area (Å²) in [6.45, 7) is 5.74. The zero-order chi connectivity index (χ0) is 17.4. The molecule has 0 aliphatic carbocycles. The highest BCUT2D eigenvalue weighted by Gasteiger charge is 2.07. The molecular formula is C16H25N5O2S. The summed E-state index contributed by atoms with van der Waals surface area (Å²) in [5.41, 5.74) is 1.17. The SMILES string of the molecule is COc1cc(CNCCCSc2nnnn2C)ccc1OC(C)C. The van der Waals surface area contributed by atoms with Crippen LogP contribution >= 0.6 is 11.8 Å². The van der Waals surface area contributed by atoms with Gasteiger partial charge in [0.15, 0.2) is 11.5 Å². The van der Waals surface area contributed by atoms with E-state index in [-0.39, 0.29) is 6.10 Å². The second-order valence-corrected chi connectivity index (χ2v) is 6.68. The van der Waals surface area contributed by atoms with Crippen LogP contribution in [-0.4, -0.2) is 45.7 Å². The van der Waals surface area contributed by atoms with Crippen LogP contribution in [0.2, 0.25) is 0 Å². The van der Waals surface area contributed by atoms with Gasteiger partial charge in [0.25, 0.3) is 0 Å². The lowest BCUT2D eigenvalue weighted by atomic mass is 10.2. The summed E-state index contributed by atoms with van der Waals surface area (Å²) in [7, 11) is 3.51. The lowest BCUT2D eigenvalue weighted by Gasteiger charge is -2.14. The van der Waals surface area contributed by atoms with Crippen LogP contribution in [0.25, 0.3) is 0 Å². The molecule has 0 fully saturated rings. The first-order valence-corrected chi connectivity index (χ1v) is 8.98. The van der Waals surface area contributed by atoms with Gasteiger partial charge < -0.3 is 14.8 Å². The highest BCUT2D eigenvalue weighted by Crippen LogP contribution is 2.28. The second kappa shape index (κ2) is 9.48. The zero-order valence-electron chi connectivity index (χ0n) is 14.7. The highest BCUT2D eigenvalue weighted by molar-refractivity contribution is 7.99. The Bertz CT molecular complexity index is 633. The molecule has 0 aliphatic heterocycles. The van der Waals surface area contributed by atoms with Crippen LogP contribution in [0.5, 0.6) is 11.5 Å². The standard InChI is InChI=1S/C16H25N5O2S/c1-12(2)23-14-7-6-13(10-15(14)22-4)11-17-8-5-9-24-16-18-19-20-21(16)3/h6-7,10,12,17H,5,8-9,11H2,1-4H3. The molecule has 0 saturated carbocycles. The number of ether oxygens (including phenoxy) is 2. The fourth-order valence-electron chi connectivity index (χ4n) is 2.11. The summed E-state index contributed by atoms with van der Waals surface area (Å²) in [4.78, 5) is 0. The first kappa shape index (κ1) is 18.5. The monoisotopic (exact) mass is 351 g/mol. The predicted molar refractivity (Wildman–Crippen MR) is 94.6 cm³/mol. The molecule has 8 heteroatoms. The molecule has 0 saturated heterocycles. The maximum atomic E-state index is 5.73. The second-order valence-electron chi connectivity index (χ2n) is 5.62. The van der Waals surface area contributed by atoms with Crippen LogP contribution in [0, 0.1) is 0 Å². The van der Waals surface area contributed by atoms with Gasteiger partial charge in [0.1, 0.15) is 0 Å². The van der Waals surface area contributed by atoms with Crippen molar-refractivity contribution in [3.05, 3.63) is 23.8 Å². The number of thioether (sulfide) groups is 1. The van der Waals surface area contributed by atoms with Crippen LogP contribution in [0.15, 0.2) is 23.4 Å². The fourth-order valence-corrected chi connectivity index (χ4v) is 2.90. The van der Waals surface area contributed by atoms with Crippen molar-refractivity contribution >= 4 is 11.8 Å². The Morgan fingerprint density at radius 3 is 2.79 bits per heavy atom. The summed E-state index contributed by atoms with van der Waals surface area (Å²) in [5, 5.41) is 15.7. The minimum absolute atomic E-state index is 0.129. The van der Waals surface area contributed by atoms with E-state index in [1.807, 2.05) is 33.0 Å². The molecule has 0 unspecified atom stereocenters. The van der Waals surface area contributed by atoms with Gasteiger partial charge in [-0.25, -0.2) is 4.68 Å². The largest absolute Gasteiger partial charge is 0.493 e. The molecule has 0 aliphatic rings. The first-order chi connectivity index (χ1) is 11.6. The third-order valence-corrected chi connectivity index (χ3v) is 4.33. The average Bonchev–Trinajstić information content (AvgIpc) is 2.96. The number of hydrogen-bond acceptors (Lipinski definition) is 7. The quantitative estimate of drug-likeness (QED) is 0.520. The molecule has 24 heavy (non-hydrogen) atoms. The van der Waals surface area contributed by atoms with Gasteiger partial charge in [-0.3, -0.25) is 0 Å². The van der Waals surface area contributed by atoms with Crippen molar-refractivity contribution < 1.29 is 9.47 Å². The minimum atomic E-state index is 0.129. The number of nitrogens with zero attached hydrogens (tertiary/aromatic N) is 4. The Kier molecular flexibility index (Phi) is 7.33. The molecule has 1 heterocycles. The molecule has 2 rings (SSSR count).